The maximum Gasteiger partial charge on any atom is 0.449 e. The number of alkyl halides is 6. The Balaban J connectivity index is 1.55. The number of carbonyl (C=O) groups excluding carboxylic acids is 2. The molecule has 0 fully saturated rings. The Morgan fingerprint density at radius 3 is 2.36 bits per heavy atom. The molecule has 0 atom stereocenters. The second-order valence-corrected chi connectivity index (χ2v) is 7.31. The van der Waals surface area contributed by atoms with E-state index >= 15 is 0 Å². The molecule has 1 aliphatic rings. The van der Waals surface area contributed by atoms with Gasteiger partial charge in [0.2, 0.25) is 5.82 Å². The van der Waals surface area contributed by atoms with Crippen LogP contribution in [0, 0.1) is 0 Å². The number of rotatable bonds is 3. The van der Waals surface area contributed by atoms with E-state index in [1.807, 2.05) is 4.98 Å². The molecule has 0 bridgehead atoms. The summed E-state index contributed by atoms with van der Waals surface area (Å²) in [5, 5.41) is 0. The number of H-pyrrole nitrogens is 1. The number of fused-ring (bicyclic) bond motifs is 1. The Morgan fingerprint density at radius 2 is 1.76 bits per heavy atom. The van der Waals surface area contributed by atoms with Crippen molar-refractivity contribution < 1.29 is 35.9 Å². The molecule has 4 rings (SSSR count). The lowest BCUT2D eigenvalue weighted by molar-refractivity contribution is -0.144. The van der Waals surface area contributed by atoms with Gasteiger partial charge in [-0.05, 0) is 29.7 Å². The lowest BCUT2D eigenvalue weighted by Crippen LogP contribution is -2.36. The van der Waals surface area contributed by atoms with Gasteiger partial charge in [0.25, 0.3) is 5.91 Å². The van der Waals surface area contributed by atoms with Gasteiger partial charge in [-0.3, -0.25) is 14.6 Å². The maximum absolute atomic E-state index is 12.9. The Kier molecular flexibility index (Phi) is 5.46. The summed E-state index contributed by atoms with van der Waals surface area (Å²) < 4.78 is 76.3. The molecule has 1 aromatic carbocycles. The van der Waals surface area contributed by atoms with Gasteiger partial charge in [-0.15, -0.1) is 0 Å². The molecule has 0 spiro atoms. The highest BCUT2D eigenvalue weighted by atomic mass is 19.4. The van der Waals surface area contributed by atoms with E-state index in [0.29, 0.717) is 11.1 Å². The predicted molar refractivity (Wildman–Crippen MR) is 101 cm³/mol. The molecule has 3 aromatic rings. The van der Waals surface area contributed by atoms with Crippen molar-refractivity contribution >= 4 is 11.7 Å². The van der Waals surface area contributed by atoms with Crippen molar-refractivity contribution in [3.05, 3.63) is 82.2 Å². The third-order valence-corrected chi connectivity index (χ3v) is 5.18. The second kappa shape index (κ2) is 8.01. The molecule has 0 unspecified atom stereocenters. The van der Waals surface area contributed by atoms with Gasteiger partial charge in [0, 0.05) is 36.6 Å². The third-order valence-electron chi connectivity index (χ3n) is 5.18. The van der Waals surface area contributed by atoms with E-state index in [0.717, 1.165) is 24.5 Å². The average molecular weight is 468 g/mol. The molecule has 0 saturated heterocycles. The van der Waals surface area contributed by atoms with Gasteiger partial charge in [0.15, 0.2) is 5.78 Å². The zero-order chi connectivity index (χ0) is 24.0. The molecule has 12 heteroatoms. The first-order chi connectivity index (χ1) is 15.4. The van der Waals surface area contributed by atoms with Gasteiger partial charge < -0.3 is 9.88 Å². The number of aromatic amines is 1. The highest BCUT2D eigenvalue weighted by molar-refractivity contribution is 6.10. The first-order valence-corrected chi connectivity index (χ1v) is 9.56. The molecule has 0 saturated carbocycles. The molecule has 33 heavy (non-hydrogen) atoms. The van der Waals surface area contributed by atoms with Gasteiger partial charge in [-0.25, -0.2) is 4.98 Å². The van der Waals surface area contributed by atoms with E-state index in [1.54, 1.807) is 12.1 Å². The van der Waals surface area contributed by atoms with Crippen molar-refractivity contribution in [3.63, 3.8) is 0 Å². The van der Waals surface area contributed by atoms with E-state index < -0.39 is 35.6 Å². The molecule has 0 aliphatic carbocycles. The number of imidazole rings is 1. The fourth-order valence-corrected chi connectivity index (χ4v) is 3.59. The average Bonchev–Trinajstić information content (AvgIpc) is 3.28. The van der Waals surface area contributed by atoms with Crippen molar-refractivity contribution in [2.24, 2.45) is 0 Å². The summed E-state index contributed by atoms with van der Waals surface area (Å²) in [6.45, 7) is 0.157. The first kappa shape index (κ1) is 22.5. The quantitative estimate of drug-likeness (QED) is 0.460. The normalized spacial score (nSPS) is 14.2. The fourth-order valence-electron chi connectivity index (χ4n) is 3.59. The molecule has 172 valence electrons. The van der Waals surface area contributed by atoms with Crippen LogP contribution in [0.1, 0.15) is 49.1 Å². The SMILES string of the molecule is O=C(c1ccc(C(F)(F)F)nc1)c1cccc2c1CCN(C(=O)c1c[nH]c(C(F)(F)F)n1)C2. The Bertz CT molecular complexity index is 1210. The molecule has 1 amide bonds. The smallest absolute Gasteiger partial charge is 0.340 e. The molecule has 0 radical (unpaired) electrons. The molecule has 2 aromatic heterocycles. The van der Waals surface area contributed by atoms with Crippen LogP contribution in [0.15, 0.2) is 42.7 Å². The van der Waals surface area contributed by atoms with Gasteiger partial charge in [0.1, 0.15) is 11.4 Å². The number of hydrogen-bond donors (Lipinski definition) is 1. The summed E-state index contributed by atoms with van der Waals surface area (Å²) in [7, 11) is 0. The van der Waals surface area contributed by atoms with Crippen molar-refractivity contribution in [1.29, 1.82) is 0 Å². The van der Waals surface area contributed by atoms with Crippen LogP contribution in [0.5, 0.6) is 0 Å². The van der Waals surface area contributed by atoms with Gasteiger partial charge in [-0.2, -0.15) is 26.3 Å². The minimum atomic E-state index is -4.71. The van der Waals surface area contributed by atoms with Gasteiger partial charge in [-0.1, -0.05) is 18.2 Å². The molecule has 1 aliphatic heterocycles. The summed E-state index contributed by atoms with van der Waals surface area (Å²) in [6, 6.07) is 6.53. The molecule has 6 nitrogen and oxygen atoms in total. The first-order valence-electron chi connectivity index (χ1n) is 9.56. The van der Waals surface area contributed by atoms with E-state index in [4.69, 9.17) is 0 Å². The van der Waals surface area contributed by atoms with E-state index in [2.05, 4.69) is 9.97 Å². The van der Waals surface area contributed by atoms with Crippen LogP contribution in [0.2, 0.25) is 0 Å². The van der Waals surface area contributed by atoms with Crippen LogP contribution in [-0.2, 0) is 25.3 Å². The monoisotopic (exact) mass is 468 g/mol. The van der Waals surface area contributed by atoms with Crippen molar-refractivity contribution in [2.75, 3.05) is 6.54 Å². The van der Waals surface area contributed by atoms with Crippen molar-refractivity contribution in [1.82, 2.24) is 19.9 Å². The lowest BCUT2D eigenvalue weighted by atomic mass is 9.90. The molecular formula is C21H14F6N4O2. The van der Waals surface area contributed by atoms with E-state index in [9.17, 15) is 35.9 Å². The van der Waals surface area contributed by atoms with Crippen molar-refractivity contribution in [2.45, 2.75) is 25.3 Å². The van der Waals surface area contributed by atoms with Crippen LogP contribution in [0.25, 0.3) is 0 Å². The second-order valence-electron chi connectivity index (χ2n) is 7.31. The molecular weight excluding hydrogens is 454 g/mol. The molecule has 3 heterocycles. The molecule has 1 N–H and O–H groups in total. The van der Waals surface area contributed by atoms with Gasteiger partial charge in [0.05, 0.1) is 0 Å². The third kappa shape index (κ3) is 4.45. The lowest BCUT2D eigenvalue weighted by Gasteiger charge is -2.29. The van der Waals surface area contributed by atoms with E-state index in [1.165, 1.54) is 11.0 Å². The Hall–Kier alpha value is -3.70. The minimum absolute atomic E-state index is 0.0221. The Labute approximate surface area is 182 Å². The standard InChI is InChI=1S/C21H14F6N4O2/c22-20(23,24)16-5-4-11(8-28-16)17(32)14-3-1-2-12-10-31(7-6-13(12)14)18(33)15-9-29-19(30-15)21(25,26)27/h1-5,8-9H,6-7,10H2,(H,29,30). The van der Waals surface area contributed by atoms with Crippen LogP contribution in [0.3, 0.4) is 0 Å². The summed E-state index contributed by atoms with van der Waals surface area (Å²) in [5.41, 5.74) is -0.0353. The number of carbonyl (C=O) groups is 2. The summed E-state index contributed by atoms with van der Waals surface area (Å²) in [4.78, 5) is 35.4. The van der Waals surface area contributed by atoms with E-state index in [-0.39, 0.29) is 36.3 Å². The van der Waals surface area contributed by atoms with Crippen LogP contribution in [-0.4, -0.2) is 38.1 Å². The number of hydrogen-bond acceptors (Lipinski definition) is 4. The summed E-state index contributed by atoms with van der Waals surface area (Å²) >= 11 is 0. The topological polar surface area (TPSA) is 79.0 Å². The van der Waals surface area contributed by atoms with Crippen LogP contribution in [0.4, 0.5) is 26.3 Å². The summed E-state index contributed by atoms with van der Waals surface area (Å²) in [6.07, 6.45) is -7.36. The highest BCUT2D eigenvalue weighted by Gasteiger charge is 2.36. The summed E-state index contributed by atoms with van der Waals surface area (Å²) in [5.74, 6) is -2.49. The number of nitrogens with one attached hydrogen (secondary N) is 1. The minimum Gasteiger partial charge on any atom is -0.340 e. The Morgan fingerprint density at radius 1 is 1.00 bits per heavy atom. The number of amides is 1. The van der Waals surface area contributed by atoms with Crippen LogP contribution >= 0.6 is 0 Å². The van der Waals surface area contributed by atoms with Gasteiger partial charge >= 0.3 is 12.4 Å². The largest absolute Gasteiger partial charge is 0.449 e. The number of pyridine rings is 1. The number of nitrogens with zero attached hydrogens (tertiary/aromatic N) is 3. The predicted octanol–water partition coefficient (Wildman–Crippen LogP) is 4.27. The maximum atomic E-state index is 12.9. The highest BCUT2D eigenvalue weighted by Crippen LogP contribution is 2.30. The number of halogens is 6. The van der Waals surface area contributed by atoms with Crippen molar-refractivity contribution in [3.8, 4) is 0 Å². The zero-order valence-electron chi connectivity index (χ0n) is 16.6. The fraction of sp³-hybridized carbons (Fsp3) is 0.238. The van der Waals surface area contributed by atoms with Crippen LogP contribution < -0.4 is 0 Å². The number of ketones is 1. The number of aromatic nitrogens is 3. The zero-order valence-corrected chi connectivity index (χ0v) is 16.6. The number of benzene rings is 1.